The second kappa shape index (κ2) is 6.68. The predicted octanol–water partition coefficient (Wildman–Crippen LogP) is 1.84. The van der Waals surface area contributed by atoms with Crippen LogP contribution in [0.2, 0.25) is 0 Å². The van der Waals surface area contributed by atoms with Crippen molar-refractivity contribution in [1.29, 1.82) is 0 Å². The number of aromatic amines is 1. The van der Waals surface area contributed by atoms with E-state index in [9.17, 15) is 9.18 Å². The monoisotopic (exact) mass is 261 g/mol. The van der Waals surface area contributed by atoms with Crippen molar-refractivity contribution >= 4 is 5.91 Å². The van der Waals surface area contributed by atoms with Crippen LogP contribution in [-0.4, -0.2) is 22.6 Å². The van der Waals surface area contributed by atoms with Crippen LogP contribution in [-0.2, 0) is 17.6 Å². The molecule has 0 saturated heterocycles. The Labute approximate surface area is 111 Å². The molecule has 0 radical (unpaired) electrons. The Morgan fingerprint density at radius 2 is 2.00 bits per heavy atom. The highest BCUT2D eigenvalue weighted by Gasteiger charge is 2.02. The van der Waals surface area contributed by atoms with Crippen LogP contribution in [0.1, 0.15) is 17.7 Å². The summed E-state index contributed by atoms with van der Waals surface area (Å²) >= 11 is 0. The van der Waals surface area contributed by atoms with Crippen molar-refractivity contribution in [3.63, 3.8) is 0 Å². The van der Waals surface area contributed by atoms with Crippen molar-refractivity contribution in [2.24, 2.45) is 0 Å². The van der Waals surface area contributed by atoms with E-state index in [1.807, 2.05) is 6.07 Å². The van der Waals surface area contributed by atoms with E-state index in [0.29, 0.717) is 19.4 Å². The molecule has 1 amide bonds. The van der Waals surface area contributed by atoms with E-state index in [4.69, 9.17) is 0 Å². The number of H-pyrrole nitrogens is 1. The molecule has 19 heavy (non-hydrogen) atoms. The summed E-state index contributed by atoms with van der Waals surface area (Å²) in [6.45, 7) is 0.588. The molecule has 0 unspecified atom stereocenters. The standard InChI is InChI=1S/C14H16FN3O/c15-12-4-1-11(2-5-12)3-6-14(19)16-9-7-13-8-10-17-18-13/h1-2,4-5,8,10H,3,6-7,9H2,(H,16,19)(H,17,18). The van der Waals surface area contributed by atoms with Gasteiger partial charge in [0.25, 0.3) is 0 Å². The van der Waals surface area contributed by atoms with Gasteiger partial charge in [-0.2, -0.15) is 5.10 Å². The second-order valence-corrected chi connectivity index (χ2v) is 4.31. The summed E-state index contributed by atoms with van der Waals surface area (Å²) in [6.07, 6.45) is 3.46. The van der Waals surface area contributed by atoms with Gasteiger partial charge in [-0.15, -0.1) is 0 Å². The molecule has 1 heterocycles. The van der Waals surface area contributed by atoms with Crippen LogP contribution in [0.4, 0.5) is 4.39 Å². The van der Waals surface area contributed by atoms with Gasteiger partial charge in [0.05, 0.1) is 0 Å². The van der Waals surface area contributed by atoms with Gasteiger partial charge in [-0.05, 0) is 30.2 Å². The van der Waals surface area contributed by atoms with Crippen LogP contribution in [0.15, 0.2) is 36.5 Å². The molecule has 100 valence electrons. The lowest BCUT2D eigenvalue weighted by Gasteiger charge is -2.04. The predicted molar refractivity (Wildman–Crippen MR) is 70.0 cm³/mol. The summed E-state index contributed by atoms with van der Waals surface area (Å²) in [7, 11) is 0. The van der Waals surface area contributed by atoms with Gasteiger partial charge >= 0.3 is 0 Å². The lowest BCUT2D eigenvalue weighted by Crippen LogP contribution is -2.25. The first kappa shape index (κ1) is 13.3. The number of nitrogens with zero attached hydrogens (tertiary/aromatic N) is 1. The first-order valence-electron chi connectivity index (χ1n) is 6.23. The molecule has 0 aliphatic carbocycles. The maximum atomic E-state index is 12.7. The molecular formula is C14H16FN3O. The van der Waals surface area contributed by atoms with Gasteiger partial charge < -0.3 is 5.32 Å². The highest BCUT2D eigenvalue weighted by Crippen LogP contribution is 2.05. The molecule has 0 aliphatic rings. The van der Waals surface area contributed by atoms with Crippen molar-refractivity contribution in [3.8, 4) is 0 Å². The van der Waals surface area contributed by atoms with Crippen molar-refractivity contribution in [2.45, 2.75) is 19.3 Å². The molecule has 2 aromatic rings. The number of nitrogens with one attached hydrogen (secondary N) is 2. The molecule has 1 aromatic carbocycles. The maximum Gasteiger partial charge on any atom is 0.220 e. The number of aromatic nitrogens is 2. The van der Waals surface area contributed by atoms with Gasteiger partial charge in [0.15, 0.2) is 0 Å². The lowest BCUT2D eigenvalue weighted by molar-refractivity contribution is -0.121. The molecular weight excluding hydrogens is 245 g/mol. The fourth-order valence-electron chi connectivity index (χ4n) is 1.76. The van der Waals surface area contributed by atoms with E-state index in [-0.39, 0.29) is 11.7 Å². The van der Waals surface area contributed by atoms with Gasteiger partial charge in [0.2, 0.25) is 5.91 Å². The number of carbonyl (C=O) groups is 1. The van der Waals surface area contributed by atoms with Crippen LogP contribution in [0.5, 0.6) is 0 Å². The minimum absolute atomic E-state index is 0.00356. The van der Waals surface area contributed by atoms with Crippen LogP contribution >= 0.6 is 0 Å². The number of halogens is 1. The van der Waals surface area contributed by atoms with Crippen LogP contribution in [0.3, 0.4) is 0 Å². The van der Waals surface area contributed by atoms with E-state index >= 15 is 0 Å². The summed E-state index contributed by atoms with van der Waals surface area (Å²) < 4.78 is 12.7. The normalized spacial score (nSPS) is 10.4. The third-order valence-corrected chi connectivity index (χ3v) is 2.83. The van der Waals surface area contributed by atoms with Crippen LogP contribution in [0.25, 0.3) is 0 Å². The molecule has 4 nitrogen and oxygen atoms in total. The van der Waals surface area contributed by atoms with Crippen LogP contribution in [0, 0.1) is 5.82 Å². The SMILES string of the molecule is O=C(CCc1ccc(F)cc1)NCCc1ccn[nH]1. The minimum Gasteiger partial charge on any atom is -0.356 e. The molecule has 0 aliphatic heterocycles. The summed E-state index contributed by atoms with van der Waals surface area (Å²) in [5.41, 5.74) is 1.96. The smallest absolute Gasteiger partial charge is 0.220 e. The molecule has 0 saturated carbocycles. The topological polar surface area (TPSA) is 57.8 Å². The Hall–Kier alpha value is -2.17. The van der Waals surface area contributed by atoms with E-state index in [2.05, 4.69) is 15.5 Å². The molecule has 5 heteroatoms. The molecule has 0 spiro atoms. The van der Waals surface area contributed by atoms with Gasteiger partial charge in [-0.25, -0.2) is 4.39 Å². The number of amides is 1. The summed E-state index contributed by atoms with van der Waals surface area (Å²) in [5, 5.41) is 9.51. The Bertz CT molecular complexity index is 508. The highest BCUT2D eigenvalue weighted by atomic mass is 19.1. The summed E-state index contributed by atoms with van der Waals surface area (Å²) in [6, 6.07) is 8.10. The van der Waals surface area contributed by atoms with E-state index in [1.54, 1.807) is 18.3 Å². The molecule has 2 N–H and O–H groups in total. The minimum atomic E-state index is -0.257. The molecule has 0 atom stereocenters. The first-order chi connectivity index (χ1) is 9.24. The first-order valence-corrected chi connectivity index (χ1v) is 6.23. The number of aryl methyl sites for hydroxylation is 1. The molecule has 0 fully saturated rings. The Balaban J connectivity index is 1.65. The van der Waals surface area contributed by atoms with E-state index < -0.39 is 0 Å². The Kier molecular flexibility index (Phi) is 4.66. The largest absolute Gasteiger partial charge is 0.356 e. The molecule has 1 aromatic heterocycles. The van der Waals surface area contributed by atoms with Crippen molar-refractivity contribution < 1.29 is 9.18 Å². The van der Waals surface area contributed by atoms with Gasteiger partial charge in [0, 0.05) is 31.3 Å². The third kappa shape index (κ3) is 4.54. The number of hydrogen-bond donors (Lipinski definition) is 2. The van der Waals surface area contributed by atoms with Crippen LogP contribution < -0.4 is 5.32 Å². The Morgan fingerprint density at radius 3 is 2.68 bits per heavy atom. The third-order valence-electron chi connectivity index (χ3n) is 2.83. The fraction of sp³-hybridized carbons (Fsp3) is 0.286. The molecule has 0 bridgehead atoms. The van der Waals surface area contributed by atoms with Crippen molar-refractivity contribution in [1.82, 2.24) is 15.5 Å². The quantitative estimate of drug-likeness (QED) is 0.833. The number of rotatable bonds is 6. The van der Waals surface area contributed by atoms with Gasteiger partial charge in [0.1, 0.15) is 5.82 Å². The lowest BCUT2D eigenvalue weighted by atomic mass is 10.1. The van der Waals surface area contributed by atoms with Gasteiger partial charge in [-0.3, -0.25) is 9.89 Å². The number of benzene rings is 1. The summed E-state index contributed by atoms with van der Waals surface area (Å²) in [4.78, 5) is 11.6. The van der Waals surface area contributed by atoms with Crippen molar-refractivity contribution in [3.05, 3.63) is 53.6 Å². The summed E-state index contributed by atoms with van der Waals surface area (Å²) in [5.74, 6) is -0.253. The maximum absolute atomic E-state index is 12.7. The fourth-order valence-corrected chi connectivity index (χ4v) is 1.76. The highest BCUT2D eigenvalue weighted by molar-refractivity contribution is 5.76. The average Bonchev–Trinajstić information content (AvgIpc) is 2.91. The zero-order chi connectivity index (χ0) is 13.5. The van der Waals surface area contributed by atoms with E-state index in [1.165, 1.54) is 12.1 Å². The van der Waals surface area contributed by atoms with Gasteiger partial charge in [-0.1, -0.05) is 12.1 Å². The zero-order valence-corrected chi connectivity index (χ0v) is 10.5. The second-order valence-electron chi connectivity index (χ2n) is 4.31. The number of hydrogen-bond acceptors (Lipinski definition) is 2. The van der Waals surface area contributed by atoms with Crippen molar-refractivity contribution in [2.75, 3.05) is 6.54 Å². The molecule has 2 rings (SSSR count). The zero-order valence-electron chi connectivity index (χ0n) is 10.5. The average molecular weight is 261 g/mol. The number of carbonyl (C=O) groups excluding carboxylic acids is 1. The Morgan fingerprint density at radius 1 is 1.21 bits per heavy atom. The van der Waals surface area contributed by atoms with E-state index in [0.717, 1.165) is 17.7 Å².